The van der Waals surface area contributed by atoms with E-state index in [0.717, 1.165) is 11.3 Å². The maximum absolute atomic E-state index is 13.7. The fourth-order valence-electron chi connectivity index (χ4n) is 2.35. The molecular weight excluding hydrogens is 275 g/mol. The van der Waals surface area contributed by atoms with E-state index in [4.69, 9.17) is 11.6 Å². The molecule has 0 spiro atoms. The summed E-state index contributed by atoms with van der Waals surface area (Å²) in [4.78, 5) is 4.58. The molecule has 2 aromatic rings. The number of hydrogen-bond donors (Lipinski definition) is 0. The van der Waals surface area contributed by atoms with E-state index >= 15 is 0 Å². The maximum Gasteiger partial charge on any atom is 0.128 e. The van der Waals surface area contributed by atoms with E-state index in [-0.39, 0.29) is 17.3 Å². The van der Waals surface area contributed by atoms with Crippen LogP contribution in [0.4, 0.5) is 4.39 Å². The second-order valence-corrected chi connectivity index (χ2v) is 6.85. The van der Waals surface area contributed by atoms with Gasteiger partial charge < -0.3 is 4.57 Å². The normalized spacial score (nSPS) is 13.9. The molecular formula is C16H22ClFN2. The van der Waals surface area contributed by atoms with E-state index in [1.165, 1.54) is 6.07 Å². The first-order chi connectivity index (χ1) is 9.25. The van der Waals surface area contributed by atoms with Crippen LogP contribution in [-0.4, -0.2) is 15.4 Å². The molecule has 0 fully saturated rings. The van der Waals surface area contributed by atoms with Crippen LogP contribution in [0, 0.1) is 18.2 Å². The van der Waals surface area contributed by atoms with Crippen molar-refractivity contribution in [3.05, 3.63) is 29.3 Å². The third kappa shape index (κ3) is 2.69. The highest BCUT2D eigenvalue weighted by atomic mass is 35.5. The van der Waals surface area contributed by atoms with E-state index in [0.29, 0.717) is 23.4 Å². The summed E-state index contributed by atoms with van der Waals surface area (Å²) >= 11 is 5.89. The summed E-state index contributed by atoms with van der Waals surface area (Å²) in [5, 5.41) is 0. The van der Waals surface area contributed by atoms with Gasteiger partial charge in [0.15, 0.2) is 0 Å². The molecule has 0 radical (unpaired) electrons. The molecule has 2 rings (SSSR count). The third-order valence-electron chi connectivity index (χ3n) is 4.00. The first-order valence-corrected chi connectivity index (χ1v) is 7.52. The van der Waals surface area contributed by atoms with E-state index < -0.39 is 0 Å². The zero-order valence-corrected chi connectivity index (χ0v) is 13.6. The van der Waals surface area contributed by atoms with Crippen LogP contribution in [0.3, 0.4) is 0 Å². The minimum atomic E-state index is -0.206. The second kappa shape index (κ2) is 5.36. The molecule has 2 nitrogen and oxygen atoms in total. The van der Waals surface area contributed by atoms with Crippen LogP contribution in [0.1, 0.15) is 45.1 Å². The van der Waals surface area contributed by atoms with Crippen LogP contribution in [-0.2, 0) is 6.42 Å². The molecule has 1 aromatic heterocycles. The smallest absolute Gasteiger partial charge is 0.128 e. The summed E-state index contributed by atoms with van der Waals surface area (Å²) in [7, 11) is 0. The highest BCUT2D eigenvalue weighted by Gasteiger charge is 2.26. The van der Waals surface area contributed by atoms with E-state index in [1.54, 1.807) is 6.92 Å². The van der Waals surface area contributed by atoms with Crippen LogP contribution in [0.5, 0.6) is 0 Å². The Balaban J connectivity index is 2.71. The Bertz CT molecular complexity index is 625. The van der Waals surface area contributed by atoms with Crippen LogP contribution in [0.25, 0.3) is 11.0 Å². The Morgan fingerprint density at radius 3 is 2.55 bits per heavy atom. The van der Waals surface area contributed by atoms with Gasteiger partial charge in [0, 0.05) is 24.4 Å². The summed E-state index contributed by atoms with van der Waals surface area (Å²) < 4.78 is 15.9. The number of benzene rings is 1. The standard InChI is InChI=1S/C16H22ClFN2/c1-10-8-14-13(9-12(10)18)19-15(6-7-17)20(14)11(2)16(3,4)5/h8-9,11H,6-7H2,1-5H3. The minimum Gasteiger partial charge on any atom is -0.325 e. The van der Waals surface area contributed by atoms with Gasteiger partial charge in [-0.05, 0) is 30.9 Å². The number of imidazole rings is 1. The zero-order valence-electron chi connectivity index (χ0n) is 12.8. The van der Waals surface area contributed by atoms with Gasteiger partial charge in [0.1, 0.15) is 11.6 Å². The molecule has 0 aliphatic heterocycles. The SMILES string of the molecule is Cc1cc2c(cc1F)nc(CCCl)n2C(C)C(C)(C)C. The molecule has 0 saturated heterocycles. The average molecular weight is 297 g/mol. The van der Waals surface area contributed by atoms with Gasteiger partial charge in [-0.2, -0.15) is 0 Å². The van der Waals surface area contributed by atoms with Crippen molar-refractivity contribution in [2.45, 2.75) is 47.1 Å². The lowest BCUT2D eigenvalue weighted by atomic mass is 9.87. The number of alkyl halides is 1. The van der Waals surface area contributed by atoms with Crippen molar-refractivity contribution in [1.29, 1.82) is 0 Å². The Morgan fingerprint density at radius 2 is 2.00 bits per heavy atom. The topological polar surface area (TPSA) is 17.8 Å². The summed E-state index contributed by atoms with van der Waals surface area (Å²) in [6.07, 6.45) is 0.692. The lowest BCUT2D eigenvalue weighted by Gasteiger charge is -2.30. The average Bonchev–Trinajstić information content (AvgIpc) is 2.65. The monoisotopic (exact) mass is 296 g/mol. The quantitative estimate of drug-likeness (QED) is 0.739. The van der Waals surface area contributed by atoms with E-state index in [9.17, 15) is 4.39 Å². The van der Waals surface area contributed by atoms with Crippen LogP contribution >= 0.6 is 11.6 Å². The molecule has 0 aliphatic carbocycles. The van der Waals surface area contributed by atoms with Crippen LogP contribution < -0.4 is 0 Å². The van der Waals surface area contributed by atoms with Crippen molar-refractivity contribution >= 4 is 22.6 Å². The maximum atomic E-state index is 13.7. The van der Waals surface area contributed by atoms with Gasteiger partial charge in [-0.3, -0.25) is 0 Å². The molecule has 0 amide bonds. The Hall–Kier alpha value is -1.09. The number of hydrogen-bond acceptors (Lipinski definition) is 1. The highest BCUT2D eigenvalue weighted by Crippen LogP contribution is 2.34. The van der Waals surface area contributed by atoms with Gasteiger partial charge in [0.05, 0.1) is 11.0 Å². The third-order valence-corrected chi connectivity index (χ3v) is 4.19. The number of nitrogens with zero attached hydrogens (tertiary/aromatic N) is 2. The first kappa shape index (κ1) is 15.3. The Kier molecular flexibility index (Phi) is 4.10. The fourth-order valence-corrected chi connectivity index (χ4v) is 2.52. The molecule has 0 saturated carbocycles. The van der Waals surface area contributed by atoms with Gasteiger partial charge in [0.25, 0.3) is 0 Å². The van der Waals surface area contributed by atoms with Crippen LogP contribution in [0.15, 0.2) is 12.1 Å². The molecule has 0 N–H and O–H groups in total. The predicted octanol–water partition coefficient (Wildman–Crippen LogP) is 4.87. The molecule has 20 heavy (non-hydrogen) atoms. The lowest BCUT2D eigenvalue weighted by molar-refractivity contribution is 0.263. The molecule has 110 valence electrons. The summed E-state index contributed by atoms with van der Waals surface area (Å²) in [6.45, 7) is 10.6. The van der Waals surface area contributed by atoms with Gasteiger partial charge in [0.2, 0.25) is 0 Å². The summed E-state index contributed by atoms with van der Waals surface area (Å²) in [6, 6.07) is 3.67. The second-order valence-electron chi connectivity index (χ2n) is 6.47. The van der Waals surface area contributed by atoms with Gasteiger partial charge >= 0.3 is 0 Å². The summed E-state index contributed by atoms with van der Waals surface area (Å²) in [5.74, 6) is 1.24. The molecule has 1 heterocycles. The Labute approximate surface area is 125 Å². The van der Waals surface area contributed by atoms with Gasteiger partial charge in [-0.1, -0.05) is 20.8 Å². The lowest BCUT2D eigenvalue weighted by Crippen LogP contribution is -2.23. The van der Waals surface area contributed by atoms with E-state index in [2.05, 4.69) is 37.2 Å². The van der Waals surface area contributed by atoms with Crippen molar-refractivity contribution in [3.63, 3.8) is 0 Å². The molecule has 1 aromatic carbocycles. The summed E-state index contributed by atoms with van der Waals surface area (Å²) in [5.41, 5.74) is 2.45. The van der Waals surface area contributed by atoms with Crippen LogP contribution in [0.2, 0.25) is 0 Å². The minimum absolute atomic E-state index is 0.0942. The van der Waals surface area contributed by atoms with E-state index in [1.807, 2.05) is 6.07 Å². The number of aryl methyl sites for hydroxylation is 2. The first-order valence-electron chi connectivity index (χ1n) is 6.98. The highest BCUT2D eigenvalue weighted by molar-refractivity contribution is 6.17. The zero-order chi connectivity index (χ0) is 15.1. The molecule has 0 bridgehead atoms. The Morgan fingerprint density at radius 1 is 1.35 bits per heavy atom. The number of aromatic nitrogens is 2. The predicted molar refractivity (Wildman–Crippen MR) is 83.0 cm³/mol. The molecule has 1 unspecified atom stereocenters. The van der Waals surface area contributed by atoms with Gasteiger partial charge in [-0.25, -0.2) is 9.37 Å². The van der Waals surface area contributed by atoms with Crippen molar-refractivity contribution in [2.24, 2.45) is 5.41 Å². The molecule has 1 atom stereocenters. The molecule has 4 heteroatoms. The van der Waals surface area contributed by atoms with Crippen molar-refractivity contribution in [2.75, 3.05) is 5.88 Å². The van der Waals surface area contributed by atoms with Crippen molar-refractivity contribution < 1.29 is 4.39 Å². The number of halogens is 2. The van der Waals surface area contributed by atoms with Crippen molar-refractivity contribution in [3.8, 4) is 0 Å². The fraction of sp³-hybridized carbons (Fsp3) is 0.562. The number of fused-ring (bicyclic) bond motifs is 1. The number of rotatable bonds is 3. The van der Waals surface area contributed by atoms with Gasteiger partial charge in [-0.15, -0.1) is 11.6 Å². The molecule has 0 aliphatic rings. The van der Waals surface area contributed by atoms with Crippen molar-refractivity contribution in [1.82, 2.24) is 9.55 Å². The largest absolute Gasteiger partial charge is 0.325 e.